The fraction of sp³-hybridized carbons (Fsp3) is 0.357. The van der Waals surface area contributed by atoms with Crippen molar-refractivity contribution in [3.05, 3.63) is 30.5 Å². The number of methoxy groups -OCH3 is 3. The number of fused-ring (bicyclic) bond motifs is 1. The SMILES string of the molecule is COc1cccc2c(NCC(OC)OC)nccc12. The van der Waals surface area contributed by atoms with Crippen LogP contribution in [0.4, 0.5) is 5.82 Å². The van der Waals surface area contributed by atoms with E-state index in [4.69, 9.17) is 14.2 Å². The number of anilines is 1. The zero-order valence-corrected chi connectivity index (χ0v) is 11.3. The highest BCUT2D eigenvalue weighted by Crippen LogP contribution is 2.28. The molecule has 1 aromatic carbocycles. The van der Waals surface area contributed by atoms with Crippen LogP contribution in [-0.4, -0.2) is 39.1 Å². The molecule has 5 nitrogen and oxygen atoms in total. The lowest BCUT2D eigenvalue weighted by molar-refractivity contribution is -0.0914. The molecule has 0 aliphatic carbocycles. The van der Waals surface area contributed by atoms with Crippen LogP contribution < -0.4 is 10.1 Å². The Balaban J connectivity index is 2.28. The average molecular weight is 262 g/mol. The van der Waals surface area contributed by atoms with E-state index < -0.39 is 0 Å². The standard InChI is InChI=1S/C14H18N2O3/c1-17-12-6-4-5-11-10(12)7-8-15-14(11)16-9-13(18-2)19-3/h4-8,13H,9H2,1-3H3,(H,15,16). The third-order valence-corrected chi connectivity index (χ3v) is 2.95. The predicted molar refractivity (Wildman–Crippen MR) is 74.6 cm³/mol. The summed E-state index contributed by atoms with van der Waals surface area (Å²) in [4.78, 5) is 4.35. The Morgan fingerprint density at radius 1 is 1.11 bits per heavy atom. The summed E-state index contributed by atoms with van der Waals surface area (Å²) in [5, 5.41) is 5.25. The van der Waals surface area contributed by atoms with Crippen LogP contribution in [0.3, 0.4) is 0 Å². The number of rotatable bonds is 6. The number of nitrogens with one attached hydrogen (secondary N) is 1. The van der Waals surface area contributed by atoms with Crippen molar-refractivity contribution in [3.8, 4) is 5.75 Å². The fourth-order valence-corrected chi connectivity index (χ4v) is 1.94. The second kappa shape index (κ2) is 6.36. The van der Waals surface area contributed by atoms with Crippen molar-refractivity contribution in [2.24, 2.45) is 0 Å². The van der Waals surface area contributed by atoms with Crippen molar-refractivity contribution < 1.29 is 14.2 Å². The van der Waals surface area contributed by atoms with Gasteiger partial charge in [-0.2, -0.15) is 0 Å². The summed E-state index contributed by atoms with van der Waals surface area (Å²) in [7, 11) is 4.87. The number of hydrogen-bond donors (Lipinski definition) is 1. The Hall–Kier alpha value is -1.85. The summed E-state index contributed by atoms with van der Waals surface area (Å²) < 4.78 is 15.6. The number of pyridine rings is 1. The number of ether oxygens (including phenoxy) is 3. The number of aromatic nitrogens is 1. The molecule has 0 atom stereocenters. The minimum atomic E-state index is -0.303. The van der Waals surface area contributed by atoms with Gasteiger partial charge in [-0.1, -0.05) is 12.1 Å². The van der Waals surface area contributed by atoms with Gasteiger partial charge >= 0.3 is 0 Å². The van der Waals surface area contributed by atoms with Crippen molar-refractivity contribution in [3.63, 3.8) is 0 Å². The first-order chi connectivity index (χ1) is 9.30. The minimum Gasteiger partial charge on any atom is -0.496 e. The summed E-state index contributed by atoms with van der Waals surface area (Å²) in [6, 6.07) is 7.81. The maximum Gasteiger partial charge on any atom is 0.173 e. The van der Waals surface area contributed by atoms with Gasteiger partial charge in [0.05, 0.1) is 13.7 Å². The molecule has 0 saturated carbocycles. The fourth-order valence-electron chi connectivity index (χ4n) is 1.94. The molecule has 0 fully saturated rings. The molecule has 0 aliphatic heterocycles. The molecule has 1 aromatic heterocycles. The lowest BCUT2D eigenvalue weighted by Gasteiger charge is -2.15. The summed E-state index contributed by atoms with van der Waals surface area (Å²) in [6.07, 6.45) is 1.45. The first-order valence-corrected chi connectivity index (χ1v) is 6.01. The molecule has 19 heavy (non-hydrogen) atoms. The third kappa shape index (κ3) is 2.94. The van der Waals surface area contributed by atoms with Crippen molar-refractivity contribution in [1.29, 1.82) is 0 Å². The lowest BCUT2D eigenvalue weighted by atomic mass is 10.1. The van der Waals surface area contributed by atoms with Gasteiger partial charge in [0.15, 0.2) is 6.29 Å². The minimum absolute atomic E-state index is 0.303. The molecular weight excluding hydrogens is 244 g/mol. The zero-order chi connectivity index (χ0) is 13.7. The molecule has 2 aromatic rings. The zero-order valence-electron chi connectivity index (χ0n) is 11.3. The first-order valence-electron chi connectivity index (χ1n) is 6.01. The van der Waals surface area contributed by atoms with Crippen LogP contribution >= 0.6 is 0 Å². The van der Waals surface area contributed by atoms with Gasteiger partial charge in [-0.3, -0.25) is 0 Å². The van der Waals surface area contributed by atoms with Crippen LogP contribution in [0.1, 0.15) is 0 Å². The molecular formula is C14H18N2O3. The quantitative estimate of drug-likeness (QED) is 0.809. The highest BCUT2D eigenvalue weighted by Gasteiger charge is 2.09. The Bertz CT molecular complexity index is 541. The van der Waals surface area contributed by atoms with Crippen molar-refractivity contribution in [1.82, 2.24) is 4.98 Å². The Morgan fingerprint density at radius 2 is 1.89 bits per heavy atom. The lowest BCUT2D eigenvalue weighted by Crippen LogP contribution is -2.24. The van der Waals surface area contributed by atoms with E-state index in [1.54, 1.807) is 27.5 Å². The molecule has 0 aliphatic rings. The highest BCUT2D eigenvalue weighted by molar-refractivity contribution is 5.95. The van der Waals surface area contributed by atoms with Gasteiger partial charge < -0.3 is 19.5 Å². The Kier molecular flexibility index (Phi) is 4.54. The van der Waals surface area contributed by atoms with E-state index in [0.29, 0.717) is 6.54 Å². The molecule has 2 rings (SSSR count). The van der Waals surface area contributed by atoms with Crippen LogP contribution in [-0.2, 0) is 9.47 Å². The molecule has 1 N–H and O–H groups in total. The van der Waals surface area contributed by atoms with Crippen molar-refractivity contribution in [2.45, 2.75) is 6.29 Å². The maximum absolute atomic E-state index is 5.35. The molecule has 0 saturated heterocycles. The average Bonchev–Trinajstić information content (AvgIpc) is 2.47. The van der Waals surface area contributed by atoms with Crippen LogP contribution in [0.2, 0.25) is 0 Å². The van der Waals surface area contributed by atoms with Crippen molar-refractivity contribution >= 4 is 16.6 Å². The molecule has 1 heterocycles. The van der Waals surface area contributed by atoms with E-state index in [2.05, 4.69) is 10.3 Å². The van der Waals surface area contributed by atoms with Crippen LogP contribution in [0.5, 0.6) is 5.75 Å². The molecule has 5 heteroatoms. The van der Waals surface area contributed by atoms with E-state index in [0.717, 1.165) is 22.3 Å². The topological polar surface area (TPSA) is 52.6 Å². The summed E-state index contributed by atoms with van der Waals surface area (Å²) in [5.41, 5.74) is 0. The van der Waals surface area contributed by atoms with Gasteiger partial charge in [0.2, 0.25) is 0 Å². The van der Waals surface area contributed by atoms with Gasteiger partial charge in [0, 0.05) is 31.2 Å². The molecule has 0 spiro atoms. The maximum atomic E-state index is 5.35. The van der Waals surface area contributed by atoms with E-state index in [1.807, 2.05) is 24.3 Å². The number of nitrogens with zero attached hydrogens (tertiary/aromatic N) is 1. The number of hydrogen-bond acceptors (Lipinski definition) is 5. The van der Waals surface area contributed by atoms with Gasteiger partial charge in [-0.05, 0) is 12.1 Å². The van der Waals surface area contributed by atoms with Gasteiger partial charge in [-0.15, -0.1) is 0 Å². The number of benzene rings is 1. The van der Waals surface area contributed by atoms with Crippen LogP contribution in [0, 0.1) is 0 Å². The molecule has 102 valence electrons. The van der Waals surface area contributed by atoms with Gasteiger partial charge in [0.1, 0.15) is 11.6 Å². The second-order valence-electron chi connectivity index (χ2n) is 4.00. The highest BCUT2D eigenvalue weighted by atomic mass is 16.7. The van der Waals surface area contributed by atoms with Crippen molar-refractivity contribution in [2.75, 3.05) is 33.2 Å². The van der Waals surface area contributed by atoms with E-state index in [-0.39, 0.29) is 6.29 Å². The summed E-state index contributed by atoms with van der Waals surface area (Å²) in [5.74, 6) is 1.62. The van der Waals surface area contributed by atoms with Crippen LogP contribution in [0.15, 0.2) is 30.5 Å². The molecule has 0 amide bonds. The largest absolute Gasteiger partial charge is 0.496 e. The summed E-state index contributed by atoms with van der Waals surface area (Å²) >= 11 is 0. The van der Waals surface area contributed by atoms with Gasteiger partial charge in [-0.25, -0.2) is 4.98 Å². The monoisotopic (exact) mass is 262 g/mol. The van der Waals surface area contributed by atoms with E-state index in [9.17, 15) is 0 Å². The third-order valence-electron chi connectivity index (χ3n) is 2.95. The predicted octanol–water partition coefficient (Wildman–Crippen LogP) is 2.27. The van der Waals surface area contributed by atoms with E-state index in [1.165, 1.54) is 0 Å². The smallest absolute Gasteiger partial charge is 0.173 e. The second-order valence-corrected chi connectivity index (χ2v) is 4.00. The first kappa shape index (κ1) is 13.6. The van der Waals surface area contributed by atoms with Gasteiger partial charge in [0.25, 0.3) is 0 Å². The van der Waals surface area contributed by atoms with E-state index >= 15 is 0 Å². The Labute approximate surface area is 112 Å². The molecule has 0 unspecified atom stereocenters. The summed E-state index contributed by atoms with van der Waals surface area (Å²) in [6.45, 7) is 0.524. The molecule has 0 radical (unpaired) electrons. The molecule has 0 bridgehead atoms. The van der Waals surface area contributed by atoms with Crippen LogP contribution in [0.25, 0.3) is 10.8 Å². The normalized spacial score (nSPS) is 10.9. The Morgan fingerprint density at radius 3 is 2.58 bits per heavy atom.